The number of carbonyl (C=O) groups is 1. The molecule has 23 heavy (non-hydrogen) atoms. The van der Waals surface area contributed by atoms with Gasteiger partial charge < -0.3 is 10.6 Å². The molecule has 1 spiro atoms. The van der Waals surface area contributed by atoms with Crippen LogP contribution in [0.15, 0.2) is 30.3 Å². The van der Waals surface area contributed by atoms with E-state index in [1.54, 1.807) is 0 Å². The largest absolute Gasteiger partial charge is 0.341 e. The third-order valence-corrected chi connectivity index (χ3v) is 6.37. The van der Waals surface area contributed by atoms with Gasteiger partial charge in [0, 0.05) is 24.9 Å². The van der Waals surface area contributed by atoms with Gasteiger partial charge in [0.15, 0.2) is 0 Å². The van der Waals surface area contributed by atoms with Gasteiger partial charge in [0.05, 0.1) is 0 Å². The SMILES string of the molecule is Cl.NC[C@@H]1CN(C(=O)C2CC23CCCC3)C[C@H]1c1ccccc1. The van der Waals surface area contributed by atoms with Crippen molar-refractivity contribution in [3.8, 4) is 0 Å². The first-order valence-corrected chi connectivity index (χ1v) is 8.77. The second kappa shape index (κ2) is 6.45. The fourth-order valence-electron chi connectivity index (χ4n) is 4.92. The molecule has 4 heteroatoms. The standard InChI is InChI=1S/C19H26N2O.ClH/c20-11-15-12-21(13-16(15)14-6-2-1-3-7-14)18(22)17-10-19(17)8-4-5-9-19;/h1-3,6-7,15-17H,4-5,8-13,20H2;1H/t15-,16+,17?;/m1./s1. The number of carbonyl (C=O) groups excluding carboxylic acids is 1. The zero-order valence-electron chi connectivity index (χ0n) is 13.6. The van der Waals surface area contributed by atoms with Crippen molar-refractivity contribution in [2.24, 2.45) is 23.0 Å². The van der Waals surface area contributed by atoms with Crippen molar-refractivity contribution in [1.29, 1.82) is 0 Å². The molecule has 2 aliphatic carbocycles. The molecule has 1 aromatic carbocycles. The quantitative estimate of drug-likeness (QED) is 0.922. The molecule has 0 aromatic heterocycles. The fraction of sp³-hybridized carbons (Fsp3) is 0.632. The summed E-state index contributed by atoms with van der Waals surface area (Å²) in [6, 6.07) is 10.6. The van der Waals surface area contributed by atoms with E-state index < -0.39 is 0 Å². The Morgan fingerprint density at radius 2 is 1.87 bits per heavy atom. The molecule has 3 nitrogen and oxygen atoms in total. The maximum atomic E-state index is 12.9. The van der Waals surface area contributed by atoms with E-state index in [1.165, 1.54) is 31.2 Å². The maximum absolute atomic E-state index is 12.9. The number of nitrogens with two attached hydrogens (primary N) is 1. The average molecular weight is 335 g/mol. The number of nitrogens with zero attached hydrogens (tertiary/aromatic N) is 1. The summed E-state index contributed by atoms with van der Waals surface area (Å²) in [4.78, 5) is 15.0. The van der Waals surface area contributed by atoms with Crippen LogP contribution in [0.3, 0.4) is 0 Å². The predicted octanol–water partition coefficient (Wildman–Crippen LogP) is 3.19. The smallest absolute Gasteiger partial charge is 0.226 e. The minimum atomic E-state index is 0. The molecule has 3 fully saturated rings. The molecule has 1 heterocycles. The van der Waals surface area contributed by atoms with Crippen molar-refractivity contribution in [2.75, 3.05) is 19.6 Å². The van der Waals surface area contributed by atoms with Crippen LogP contribution in [0.25, 0.3) is 0 Å². The van der Waals surface area contributed by atoms with E-state index in [2.05, 4.69) is 29.2 Å². The summed E-state index contributed by atoms with van der Waals surface area (Å²) in [7, 11) is 0. The van der Waals surface area contributed by atoms with E-state index in [-0.39, 0.29) is 12.4 Å². The van der Waals surface area contributed by atoms with E-state index in [0.717, 1.165) is 19.5 Å². The molecular formula is C19H27ClN2O. The van der Waals surface area contributed by atoms with Crippen molar-refractivity contribution in [3.05, 3.63) is 35.9 Å². The van der Waals surface area contributed by atoms with Gasteiger partial charge in [0.1, 0.15) is 0 Å². The Morgan fingerprint density at radius 3 is 2.52 bits per heavy atom. The van der Waals surface area contributed by atoms with E-state index >= 15 is 0 Å². The lowest BCUT2D eigenvalue weighted by Crippen LogP contribution is -2.32. The minimum absolute atomic E-state index is 0. The monoisotopic (exact) mass is 334 g/mol. The molecule has 4 rings (SSSR count). The van der Waals surface area contributed by atoms with Crippen LogP contribution in [0.1, 0.15) is 43.6 Å². The number of halogens is 1. The van der Waals surface area contributed by atoms with Gasteiger partial charge >= 0.3 is 0 Å². The molecule has 3 aliphatic rings. The number of rotatable bonds is 3. The molecule has 3 atom stereocenters. The van der Waals surface area contributed by atoms with Crippen LogP contribution in [-0.4, -0.2) is 30.4 Å². The van der Waals surface area contributed by atoms with Crippen LogP contribution in [-0.2, 0) is 4.79 Å². The van der Waals surface area contributed by atoms with E-state index in [4.69, 9.17) is 5.73 Å². The summed E-state index contributed by atoms with van der Waals surface area (Å²) in [6.45, 7) is 2.37. The van der Waals surface area contributed by atoms with Gasteiger partial charge in [-0.25, -0.2) is 0 Å². The minimum Gasteiger partial charge on any atom is -0.341 e. The van der Waals surface area contributed by atoms with Gasteiger partial charge in [-0.15, -0.1) is 12.4 Å². The lowest BCUT2D eigenvalue weighted by atomic mass is 9.89. The Morgan fingerprint density at radius 1 is 1.17 bits per heavy atom. The molecule has 126 valence electrons. The van der Waals surface area contributed by atoms with Crippen LogP contribution in [0.4, 0.5) is 0 Å². The summed E-state index contributed by atoms with van der Waals surface area (Å²) in [5.41, 5.74) is 7.73. The molecule has 1 aliphatic heterocycles. The number of hydrogen-bond acceptors (Lipinski definition) is 2. The van der Waals surface area contributed by atoms with Gasteiger partial charge in [-0.2, -0.15) is 0 Å². The summed E-state index contributed by atoms with van der Waals surface area (Å²) in [5.74, 6) is 1.56. The van der Waals surface area contributed by atoms with Gasteiger partial charge in [0.2, 0.25) is 5.91 Å². The molecule has 0 radical (unpaired) electrons. The topological polar surface area (TPSA) is 46.3 Å². The van der Waals surface area contributed by atoms with Crippen LogP contribution in [0, 0.1) is 17.3 Å². The average Bonchev–Trinajstić information content (AvgIpc) is 2.91. The number of benzene rings is 1. The normalized spacial score (nSPS) is 31.2. The first kappa shape index (κ1) is 16.8. The summed E-state index contributed by atoms with van der Waals surface area (Å²) in [5, 5.41) is 0. The highest BCUT2D eigenvalue weighted by molar-refractivity contribution is 5.85. The van der Waals surface area contributed by atoms with E-state index in [1.807, 2.05) is 6.07 Å². The van der Waals surface area contributed by atoms with Crippen LogP contribution in [0.5, 0.6) is 0 Å². The Kier molecular flexibility index (Phi) is 4.70. The number of hydrogen-bond donors (Lipinski definition) is 1. The zero-order valence-corrected chi connectivity index (χ0v) is 14.4. The lowest BCUT2D eigenvalue weighted by Gasteiger charge is -2.18. The van der Waals surface area contributed by atoms with Crippen molar-refractivity contribution >= 4 is 18.3 Å². The van der Waals surface area contributed by atoms with Gasteiger partial charge in [0.25, 0.3) is 0 Å². The third-order valence-electron chi connectivity index (χ3n) is 6.37. The number of likely N-dealkylation sites (tertiary alicyclic amines) is 1. The Balaban J connectivity index is 0.00000156. The summed E-state index contributed by atoms with van der Waals surface area (Å²) in [6.07, 6.45) is 6.34. The molecule has 1 aromatic rings. The summed E-state index contributed by atoms with van der Waals surface area (Å²) < 4.78 is 0. The first-order chi connectivity index (χ1) is 10.7. The molecular weight excluding hydrogens is 308 g/mol. The molecule has 2 saturated carbocycles. The van der Waals surface area contributed by atoms with Crippen molar-refractivity contribution in [1.82, 2.24) is 4.90 Å². The Hall–Kier alpha value is -1.06. The van der Waals surface area contributed by atoms with Gasteiger partial charge in [-0.1, -0.05) is 43.2 Å². The highest BCUT2D eigenvalue weighted by Crippen LogP contribution is 2.63. The highest BCUT2D eigenvalue weighted by atomic mass is 35.5. The predicted molar refractivity (Wildman–Crippen MR) is 94.6 cm³/mol. The molecule has 1 unspecified atom stereocenters. The zero-order chi connectivity index (χ0) is 15.2. The van der Waals surface area contributed by atoms with Crippen LogP contribution in [0.2, 0.25) is 0 Å². The van der Waals surface area contributed by atoms with Crippen molar-refractivity contribution in [2.45, 2.75) is 38.0 Å². The second-order valence-electron chi connectivity index (χ2n) is 7.58. The van der Waals surface area contributed by atoms with Crippen molar-refractivity contribution < 1.29 is 4.79 Å². The fourth-order valence-corrected chi connectivity index (χ4v) is 4.92. The van der Waals surface area contributed by atoms with Gasteiger partial charge in [-0.3, -0.25) is 4.79 Å². The highest BCUT2D eigenvalue weighted by Gasteiger charge is 2.60. The molecule has 2 N–H and O–H groups in total. The second-order valence-corrected chi connectivity index (χ2v) is 7.58. The van der Waals surface area contributed by atoms with Crippen molar-refractivity contribution in [3.63, 3.8) is 0 Å². The molecule has 1 saturated heterocycles. The molecule has 0 bridgehead atoms. The summed E-state index contributed by atoms with van der Waals surface area (Å²) >= 11 is 0. The van der Waals surface area contributed by atoms with E-state index in [9.17, 15) is 4.79 Å². The Labute approximate surface area is 145 Å². The van der Waals surface area contributed by atoms with Crippen LogP contribution < -0.4 is 5.73 Å². The first-order valence-electron chi connectivity index (χ1n) is 8.77. The van der Waals surface area contributed by atoms with E-state index in [0.29, 0.717) is 35.6 Å². The number of amides is 1. The van der Waals surface area contributed by atoms with Crippen LogP contribution >= 0.6 is 12.4 Å². The Bertz CT molecular complexity index is 556. The maximum Gasteiger partial charge on any atom is 0.226 e. The van der Waals surface area contributed by atoms with Gasteiger partial charge in [-0.05, 0) is 42.7 Å². The third kappa shape index (κ3) is 2.89. The lowest BCUT2D eigenvalue weighted by molar-refractivity contribution is -0.132. The molecule has 1 amide bonds.